The molecule has 0 aliphatic rings. The van der Waals surface area contributed by atoms with Gasteiger partial charge in [-0.15, -0.1) is 24.0 Å². The standard InChI is InChI=1S/C9H17NO2.HI/c1-6-8(10(4)5)12-9(11)7(2)3;/h8H,2,6H2,1,3-5H3;1H. The summed E-state index contributed by atoms with van der Waals surface area (Å²) in [5.74, 6) is -0.324. The van der Waals surface area contributed by atoms with E-state index in [2.05, 4.69) is 6.58 Å². The molecule has 4 heteroatoms. The summed E-state index contributed by atoms with van der Waals surface area (Å²) in [6.07, 6.45) is 0.639. The molecule has 1 atom stereocenters. The topological polar surface area (TPSA) is 29.5 Å². The van der Waals surface area contributed by atoms with Gasteiger partial charge in [-0.3, -0.25) is 4.90 Å². The van der Waals surface area contributed by atoms with E-state index in [9.17, 15) is 4.79 Å². The van der Waals surface area contributed by atoms with Crippen molar-refractivity contribution in [2.75, 3.05) is 14.1 Å². The van der Waals surface area contributed by atoms with Crippen molar-refractivity contribution in [2.24, 2.45) is 0 Å². The molecule has 78 valence electrons. The van der Waals surface area contributed by atoms with Gasteiger partial charge in [0.1, 0.15) is 0 Å². The average Bonchev–Trinajstić information content (AvgIpc) is 1.98. The Kier molecular flexibility index (Phi) is 8.65. The Hall–Kier alpha value is -0.100. The van der Waals surface area contributed by atoms with Crippen molar-refractivity contribution in [3.05, 3.63) is 12.2 Å². The van der Waals surface area contributed by atoms with E-state index in [0.29, 0.717) is 5.57 Å². The first kappa shape index (κ1) is 15.4. The summed E-state index contributed by atoms with van der Waals surface area (Å²) >= 11 is 0. The Morgan fingerprint density at radius 1 is 1.54 bits per heavy atom. The van der Waals surface area contributed by atoms with E-state index in [0.717, 1.165) is 6.42 Å². The third kappa shape index (κ3) is 6.04. The number of carbonyl (C=O) groups is 1. The summed E-state index contributed by atoms with van der Waals surface area (Å²) in [6.45, 7) is 7.12. The van der Waals surface area contributed by atoms with Gasteiger partial charge in [0.15, 0.2) is 6.23 Å². The van der Waals surface area contributed by atoms with Crippen molar-refractivity contribution >= 4 is 29.9 Å². The highest BCUT2D eigenvalue weighted by molar-refractivity contribution is 14.0. The van der Waals surface area contributed by atoms with Crippen LogP contribution in [-0.2, 0) is 9.53 Å². The molecule has 0 saturated carbocycles. The lowest BCUT2D eigenvalue weighted by molar-refractivity contribution is -0.152. The third-order valence-electron chi connectivity index (χ3n) is 1.52. The molecule has 0 aliphatic heterocycles. The normalized spacial score (nSPS) is 11.8. The Labute approximate surface area is 97.1 Å². The van der Waals surface area contributed by atoms with Gasteiger partial charge in [-0.05, 0) is 27.4 Å². The molecule has 1 unspecified atom stereocenters. The highest BCUT2D eigenvalue weighted by atomic mass is 127. The van der Waals surface area contributed by atoms with E-state index in [4.69, 9.17) is 4.74 Å². The SMILES string of the molecule is C=C(C)C(=O)OC(CC)N(C)C.I. The first-order valence-corrected chi connectivity index (χ1v) is 4.02. The van der Waals surface area contributed by atoms with Crippen molar-refractivity contribution in [1.82, 2.24) is 4.90 Å². The van der Waals surface area contributed by atoms with Gasteiger partial charge in [0.25, 0.3) is 0 Å². The number of hydrogen-bond acceptors (Lipinski definition) is 3. The van der Waals surface area contributed by atoms with Gasteiger partial charge in [0, 0.05) is 5.57 Å². The fourth-order valence-corrected chi connectivity index (χ4v) is 0.778. The summed E-state index contributed by atoms with van der Waals surface area (Å²) in [7, 11) is 3.75. The van der Waals surface area contributed by atoms with Crippen LogP contribution in [0.25, 0.3) is 0 Å². The van der Waals surface area contributed by atoms with Crippen LogP contribution in [0.4, 0.5) is 0 Å². The summed E-state index contributed by atoms with van der Waals surface area (Å²) < 4.78 is 5.11. The molecule has 0 bridgehead atoms. The molecule has 0 radical (unpaired) electrons. The second-order valence-corrected chi connectivity index (χ2v) is 3.01. The second-order valence-electron chi connectivity index (χ2n) is 3.01. The molecule has 0 heterocycles. The zero-order valence-electron chi connectivity index (χ0n) is 8.66. The molecular formula is C9H18INO2. The van der Waals surface area contributed by atoms with Crippen LogP contribution >= 0.6 is 24.0 Å². The lowest BCUT2D eigenvalue weighted by Gasteiger charge is -2.22. The number of ether oxygens (including phenoxy) is 1. The predicted octanol–water partition coefficient (Wildman–Crippen LogP) is 2.02. The number of esters is 1. The van der Waals surface area contributed by atoms with Crippen LogP contribution in [0.3, 0.4) is 0 Å². The van der Waals surface area contributed by atoms with E-state index >= 15 is 0 Å². The number of halogens is 1. The van der Waals surface area contributed by atoms with Crippen LogP contribution in [0, 0.1) is 0 Å². The summed E-state index contributed by atoms with van der Waals surface area (Å²) in [4.78, 5) is 12.9. The van der Waals surface area contributed by atoms with Gasteiger partial charge in [0.2, 0.25) is 0 Å². The molecule has 3 nitrogen and oxygen atoms in total. The highest BCUT2D eigenvalue weighted by Gasteiger charge is 2.14. The van der Waals surface area contributed by atoms with E-state index < -0.39 is 0 Å². The Morgan fingerprint density at radius 2 is 2.00 bits per heavy atom. The molecule has 0 amide bonds. The van der Waals surface area contributed by atoms with Gasteiger partial charge in [0.05, 0.1) is 0 Å². The molecular weight excluding hydrogens is 281 g/mol. The smallest absolute Gasteiger partial charge is 0.334 e. The van der Waals surface area contributed by atoms with Crippen LogP contribution < -0.4 is 0 Å². The second kappa shape index (κ2) is 7.32. The minimum absolute atomic E-state index is 0. The highest BCUT2D eigenvalue weighted by Crippen LogP contribution is 2.04. The number of nitrogens with zero attached hydrogens (tertiary/aromatic N) is 1. The summed E-state index contributed by atoms with van der Waals surface area (Å²) in [6, 6.07) is 0. The zero-order chi connectivity index (χ0) is 9.72. The first-order valence-electron chi connectivity index (χ1n) is 4.02. The maximum absolute atomic E-state index is 11.1. The predicted molar refractivity (Wildman–Crippen MR) is 64.1 cm³/mol. The quantitative estimate of drug-likeness (QED) is 0.344. The Morgan fingerprint density at radius 3 is 2.23 bits per heavy atom. The third-order valence-corrected chi connectivity index (χ3v) is 1.52. The van der Waals surface area contributed by atoms with E-state index in [1.165, 1.54) is 0 Å². The minimum atomic E-state index is -0.324. The monoisotopic (exact) mass is 299 g/mol. The van der Waals surface area contributed by atoms with Crippen molar-refractivity contribution in [3.63, 3.8) is 0 Å². The maximum atomic E-state index is 11.1. The lowest BCUT2D eigenvalue weighted by atomic mass is 10.3. The van der Waals surface area contributed by atoms with Crippen molar-refractivity contribution in [3.8, 4) is 0 Å². The molecule has 0 aromatic rings. The van der Waals surface area contributed by atoms with E-state index in [1.54, 1.807) is 6.92 Å². The number of rotatable bonds is 4. The Balaban J connectivity index is 0. The van der Waals surface area contributed by atoms with Crippen LogP contribution in [0.1, 0.15) is 20.3 Å². The van der Waals surface area contributed by atoms with E-state index in [-0.39, 0.29) is 36.2 Å². The summed E-state index contributed by atoms with van der Waals surface area (Å²) in [5.41, 5.74) is 0.440. The van der Waals surface area contributed by atoms with Crippen molar-refractivity contribution in [1.29, 1.82) is 0 Å². The molecule has 13 heavy (non-hydrogen) atoms. The van der Waals surface area contributed by atoms with Crippen LogP contribution in [0.5, 0.6) is 0 Å². The van der Waals surface area contributed by atoms with Gasteiger partial charge in [-0.25, -0.2) is 4.79 Å². The van der Waals surface area contributed by atoms with Gasteiger partial charge < -0.3 is 4.74 Å². The molecule has 0 rings (SSSR count). The van der Waals surface area contributed by atoms with Gasteiger partial charge in [-0.1, -0.05) is 13.5 Å². The molecule has 0 fully saturated rings. The van der Waals surface area contributed by atoms with Crippen molar-refractivity contribution in [2.45, 2.75) is 26.5 Å². The fraction of sp³-hybridized carbons (Fsp3) is 0.667. The van der Waals surface area contributed by atoms with Crippen LogP contribution in [0.15, 0.2) is 12.2 Å². The van der Waals surface area contributed by atoms with Gasteiger partial charge >= 0.3 is 5.97 Å². The maximum Gasteiger partial charge on any atom is 0.334 e. The largest absolute Gasteiger partial charge is 0.443 e. The van der Waals surface area contributed by atoms with Crippen LogP contribution in [0.2, 0.25) is 0 Å². The molecule has 0 N–H and O–H groups in total. The average molecular weight is 299 g/mol. The Bertz CT molecular complexity index is 180. The molecule has 0 aromatic heterocycles. The van der Waals surface area contributed by atoms with E-state index in [1.807, 2.05) is 25.9 Å². The summed E-state index contributed by atoms with van der Waals surface area (Å²) in [5, 5.41) is 0. The first-order chi connectivity index (χ1) is 5.49. The van der Waals surface area contributed by atoms with Gasteiger partial charge in [-0.2, -0.15) is 0 Å². The minimum Gasteiger partial charge on any atom is -0.443 e. The molecule has 0 aromatic carbocycles. The zero-order valence-corrected chi connectivity index (χ0v) is 11.0. The number of carbonyl (C=O) groups excluding carboxylic acids is 1. The molecule has 0 saturated heterocycles. The molecule has 0 spiro atoms. The number of hydrogen-bond donors (Lipinski definition) is 0. The lowest BCUT2D eigenvalue weighted by Crippen LogP contribution is -2.32. The van der Waals surface area contributed by atoms with Crippen molar-refractivity contribution < 1.29 is 9.53 Å². The van der Waals surface area contributed by atoms with Crippen LogP contribution in [-0.4, -0.2) is 31.2 Å². The molecule has 0 aliphatic carbocycles. The fourth-order valence-electron chi connectivity index (χ4n) is 0.778.